The highest BCUT2D eigenvalue weighted by Gasteiger charge is 2.06. The normalized spacial score (nSPS) is 12.2. The van der Waals surface area contributed by atoms with E-state index in [0.29, 0.717) is 11.4 Å². The number of Topliss-reactive ketones (excluding diaryl/α,β-unsaturated/α-hetero) is 1. The fraction of sp³-hybridized carbons (Fsp3) is 0.231. The van der Waals surface area contributed by atoms with Crippen LogP contribution in [0, 0.1) is 0 Å². The Bertz CT molecular complexity index is 541. The maximum atomic E-state index is 11.2. The van der Waals surface area contributed by atoms with Gasteiger partial charge in [-0.2, -0.15) is 5.11 Å². The molecule has 0 aliphatic rings. The Morgan fingerprint density at radius 1 is 1.11 bits per heavy atom. The molecule has 0 fully saturated rings. The number of nitrogens with zero attached hydrogens (tertiary/aromatic N) is 2. The van der Waals surface area contributed by atoms with Crippen molar-refractivity contribution < 1.29 is 14.7 Å². The largest absolute Gasteiger partial charge is 0.510 e. The van der Waals surface area contributed by atoms with E-state index < -0.39 is 0 Å². The maximum absolute atomic E-state index is 11.2. The Morgan fingerprint density at radius 2 is 1.68 bits per heavy atom. The summed E-state index contributed by atoms with van der Waals surface area (Å²) in [5.41, 5.74) is 1.08. The molecule has 0 unspecified atom stereocenters. The SMILES string of the molecule is CC(=O)Nc1ccc(N=NC(C(C)=O)=C(C)O)cc1. The van der Waals surface area contributed by atoms with Crippen molar-refractivity contribution in [1.29, 1.82) is 0 Å². The predicted octanol–water partition coefficient (Wildman–Crippen LogP) is 3.11. The van der Waals surface area contributed by atoms with E-state index in [4.69, 9.17) is 0 Å². The second-order valence-corrected chi connectivity index (χ2v) is 3.92. The van der Waals surface area contributed by atoms with E-state index in [9.17, 15) is 14.7 Å². The summed E-state index contributed by atoms with van der Waals surface area (Å²) in [6, 6.07) is 6.61. The average molecular weight is 261 g/mol. The van der Waals surface area contributed by atoms with E-state index in [0.717, 1.165) is 0 Å². The Labute approximate surface area is 110 Å². The van der Waals surface area contributed by atoms with Gasteiger partial charge >= 0.3 is 0 Å². The number of ketones is 1. The molecule has 1 aromatic carbocycles. The third-order valence-corrected chi connectivity index (χ3v) is 2.13. The van der Waals surface area contributed by atoms with E-state index in [1.165, 1.54) is 20.8 Å². The molecule has 0 saturated carbocycles. The van der Waals surface area contributed by atoms with Gasteiger partial charge in [-0.25, -0.2) is 0 Å². The molecule has 0 radical (unpaired) electrons. The monoisotopic (exact) mass is 261 g/mol. The maximum Gasteiger partial charge on any atom is 0.221 e. The van der Waals surface area contributed by atoms with Gasteiger partial charge in [0.1, 0.15) is 5.76 Å². The molecule has 0 spiro atoms. The second-order valence-electron chi connectivity index (χ2n) is 3.92. The summed E-state index contributed by atoms with van der Waals surface area (Å²) in [4.78, 5) is 22.0. The van der Waals surface area contributed by atoms with Crippen LogP contribution in [0.4, 0.5) is 11.4 Å². The summed E-state index contributed by atoms with van der Waals surface area (Å²) in [6.45, 7) is 4.09. The highest BCUT2D eigenvalue weighted by molar-refractivity contribution is 5.93. The number of amides is 1. The minimum Gasteiger partial charge on any atom is -0.510 e. The number of benzene rings is 1. The van der Waals surface area contributed by atoms with Crippen LogP contribution in [0.3, 0.4) is 0 Å². The number of aliphatic hydroxyl groups excluding tert-OH is 1. The van der Waals surface area contributed by atoms with Crippen LogP contribution in [0.15, 0.2) is 46.0 Å². The molecular weight excluding hydrogens is 246 g/mol. The van der Waals surface area contributed by atoms with Crippen LogP contribution < -0.4 is 5.32 Å². The Kier molecular flexibility index (Phi) is 4.93. The molecule has 0 atom stereocenters. The molecule has 0 heterocycles. The molecule has 0 saturated heterocycles. The molecule has 6 nitrogen and oxygen atoms in total. The van der Waals surface area contributed by atoms with Crippen LogP contribution in [0.2, 0.25) is 0 Å². The van der Waals surface area contributed by atoms with Gasteiger partial charge in [-0.1, -0.05) is 0 Å². The van der Waals surface area contributed by atoms with Crippen LogP contribution in [0.5, 0.6) is 0 Å². The van der Waals surface area contributed by atoms with Gasteiger partial charge in [0.05, 0.1) is 5.69 Å². The van der Waals surface area contributed by atoms with E-state index in [1.54, 1.807) is 24.3 Å². The first kappa shape index (κ1) is 14.6. The van der Waals surface area contributed by atoms with Gasteiger partial charge in [0.25, 0.3) is 0 Å². The van der Waals surface area contributed by atoms with E-state index in [-0.39, 0.29) is 23.1 Å². The van der Waals surface area contributed by atoms with E-state index in [1.807, 2.05) is 0 Å². The second kappa shape index (κ2) is 6.44. The summed E-state index contributed by atoms with van der Waals surface area (Å²) >= 11 is 0. The van der Waals surface area contributed by atoms with Gasteiger partial charge in [0, 0.05) is 19.5 Å². The van der Waals surface area contributed by atoms with Crippen LogP contribution in [0.1, 0.15) is 20.8 Å². The minimum absolute atomic E-state index is 0.0778. The first-order chi connectivity index (χ1) is 8.90. The van der Waals surface area contributed by atoms with Crippen molar-refractivity contribution in [3.05, 3.63) is 35.7 Å². The van der Waals surface area contributed by atoms with Crippen molar-refractivity contribution in [2.24, 2.45) is 10.2 Å². The summed E-state index contributed by atoms with van der Waals surface area (Å²) in [5.74, 6) is -0.697. The minimum atomic E-state index is -0.362. The molecule has 1 aromatic rings. The van der Waals surface area contributed by atoms with Crippen molar-refractivity contribution in [2.75, 3.05) is 5.32 Å². The van der Waals surface area contributed by atoms with Gasteiger partial charge in [0.15, 0.2) is 11.5 Å². The van der Waals surface area contributed by atoms with Gasteiger partial charge < -0.3 is 10.4 Å². The molecule has 0 aliphatic heterocycles. The van der Waals surface area contributed by atoms with Gasteiger partial charge in [-0.05, 0) is 31.2 Å². The Balaban J connectivity index is 2.86. The number of rotatable bonds is 4. The van der Waals surface area contributed by atoms with Crippen molar-refractivity contribution in [3.63, 3.8) is 0 Å². The highest BCUT2D eigenvalue weighted by Crippen LogP contribution is 2.18. The molecular formula is C13H15N3O3. The van der Waals surface area contributed by atoms with E-state index >= 15 is 0 Å². The van der Waals surface area contributed by atoms with Gasteiger partial charge in [-0.15, -0.1) is 5.11 Å². The van der Waals surface area contributed by atoms with Crippen molar-refractivity contribution >= 4 is 23.1 Å². The lowest BCUT2D eigenvalue weighted by Crippen LogP contribution is -2.04. The Morgan fingerprint density at radius 3 is 2.11 bits per heavy atom. The predicted molar refractivity (Wildman–Crippen MR) is 71.3 cm³/mol. The summed E-state index contributed by atoms with van der Waals surface area (Å²) < 4.78 is 0. The number of carbonyl (C=O) groups is 2. The lowest BCUT2D eigenvalue weighted by molar-refractivity contribution is -0.114. The zero-order chi connectivity index (χ0) is 14.4. The van der Waals surface area contributed by atoms with Gasteiger partial charge in [0.2, 0.25) is 5.91 Å². The molecule has 0 aromatic heterocycles. The number of nitrogens with one attached hydrogen (secondary N) is 1. The number of allylic oxidation sites excluding steroid dienone is 2. The fourth-order valence-electron chi connectivity index (χ4n) is 1.32. The van der Waals surface area contributed by atoms with Crippen molar-refractivity contribution in [3.8, 4) is 0 Å². The molecule has 6 heteroatoms. The Hall–Kier alpha value is -2.50. The van der Waals surface area contributed by atoms with Crippen LogP contribution in [0.25, 0.3) is 0 Å². The summed E-state index contributed by atoms with van der Waals surface area (Å²) in [6.07, 6.45) is 0. The summed E-state index contributed by atoms with van der Waals surface area (Å²) in [7, 11) is 0. The quantitative estimate of drug-likeness (QED) is 0.495. The zero-order valence-corrected chi connectivity index (χ0v) is 11.0. The van der Waals surface area contributed by atoms with E-state index in [2.05, 4.69) is 15.5 Å². The smallest absolute Gasteiger partial charge is 0.221 e. The lowest BCUT2D eigenvalue weighted by atomic mass is 10.3. The third kappa shape index (κ3) is 4.71. The summed E-state index contributed by atoms with van der Waals surface area (Å²) in [5, 5.41) is 19.4. The first-order valence-corrected chi connectivity index (χ1v) is 5.60. The highest BCUT2D eigenvalue weighted by atomic mass is 16.3. The van der Waals surface area contributed by atoms with Crippen LogP contribution >= 0.6 is 0 Å². The first-order valence-electron chi connectivity index (χ1n) is 5.60. The number of hydrogen-bond acceptors (Lipinski definition) is 5. The number of hydrogen-bond donors (Lipinski definition) is 2. The molecule has 1 rings (SSSR count). The van der Waals surface area contributed by atoms with Crippen LogP contribution in [-0.2, 0) is 9.59 Å². The third-order valence-electron chi connectivity index (χ3n) is 2.13. The molecule has 0 aliphatic carbocycles. The van der Waals surface area contributed by atoms with Gasteiger partial charge in [-0.3, -0.25) is 9.59 Å². The van der Waals surface area contributed by atoms with Crippen molar-refractivity contribution in [1.82, 2.24) is 0 Å². The standard InChI is InChI=1S/C13H15N3O3/c1-8(17)13(9(2)18)16-15-12-6-4-11(5-7-12)14-10(3)19/h4-7,17H,1-3H3,(H,14,19). The number of anilines is 1. The molecule has 1 amide bonds. The fourth-order valence-corrected chi connectivity index (χ4v) is 1.32. The average Bonchev–Trinajstić information content (AvgIpc) is 2.29. The topological polar surface area (TPSA) is 91.1 Å². The molecule has 0 bridgehead atoms. The van der Waals surface area contributed by atoms with Crippen molar-refractivity contribution in [2.45, 2.75) is 20.8 Å². The molecule has 100 valence electrons. The van der Waals surface area contributed by atoms with Crippen LogP contribution in [-0.4, -0.2) is 16.8 Å². The number of azo groups is 1. The number of aliphatic hydroxyl groups is 1. The number of carbonyl (C=O) groups excluding carboxylic acids is 2. The lowest BCUT2D eigenvalue weighted by Gasteiger charge is -2.01. The zero-order valence-electron chi connectivity index (χ0n) is 11.0. The molecule has 19 heavy (non-hydrogen) atoms. The molecule has 2 N–H and O–H groups in total.